The third-order valence-electron chi connectivity index (χ3n) is 4.47. The molecule has 2 amide bonds. The van der Waals surface area contributed by atoms with Crippen LogP contribution >= 0.6 is 39.1 Å². The molecule has 0 aliphatic carbocycles. The second-order valence-corrected chi connectivity index (χ2v) is 10.5. The standard InChI is InChI=1S/C22H18BrCl2N3O5S/c1-12-6-17(34(26,31)32)3-4-18(12)27-21(29)11-33-20-5-2-15(24)10-19(20)28-22(30)13-7-14(23)9-16(25)8-13/h2-10H,11H2,1H3,(H,27,29)(H,28,30)(H2,26,31,32). The number of carbonyl (C=O) groups is 2. The van der Waals surface area contributed by atoms with E-state index in [0.717, 1.165) is 0 Å². The Morgan fingerprint density at radius 1 is 0.971 bits per heavy atom. The topological polar surface area (TPSA) is 128 Å². The van der Waals surface area contributed by atoms with Crippen molar-refractivity contribution in [1.29, 1.82) is 0 Å². The molecule has 0 heterocycles. The Bertz CT molecular complexity index is 1360. The van der Waals surface area contributed by atoms with Crippen LogP contribution in [0.2, 0.25) is 10.0 Å². The average Bonchev–Trinajstić information content (AvgIpc) is 2.73. The number of rotatable bonds is 7. The number of halogens is 3. The van der Waals surface area contributed by atoms with Gasteiger partial charge in [0.05, 0.1) is 10.6 Å². The van der Waals surface area contributed by atoms with Crippen LogP contribution in [0.5, 0.6) is 5.75 Å². The van der Waals surface area contributed by atoms with E-state index in [1.54, 1.807) is 25.1 Å². The lowest BCUT2D eigenvalue weighted by Crippen LogP contribution is -2.21. The Labute approximate surface area is 214 Å². The van der Waals surface area contributed by atoms with Gasteiger partial charge < -0.3 is 15.4 Å². The summed E-state index contributed by atoms with van der Waals surface area (Å²) in [5.74, 6) is -0.738. The Kier molecular flexibility index (Phi) is 8.21. The summed E-state index contributed by atoms with van der Waals surface area (Å²) in [6.07, 6.45) is 0. The second kappa shape index (κ2) is 10.7. The Hall–Kier alpha value is -2.63. The van der Waals surface area contributed by atoms with E-state index in [1.807, 2.05) is 0 Å². The van der Waals surface area contributed by atoms with E-state index in [0.29, 0.717) is 31.3 Å². The minimum absolute atomic E-state index is 0.0625. The molecule has 178 valence electrons. The molecule has 0 aliphatic rings. The molecule has 34 heavy (non-hydrogen) atoms. The minimum atomic E-state index is -3.85. The smallest absolute Gasteiger partial charge is 0.262 e. The Morgan fingerprint density at radius 2 is 1.71 bits per heavy atom. The monoisotopic (exact) mass is 585 g/mol. The molecule has 0 aromatic heterocycles. The number of sulfonamides is 1. The van der Waals surface area contributed by atoms with Gasteiger partial charge in [0.1, 0.15) is 5.75 Å². The lowest BCUT2D eigenvalue weighted by atomic mass is 10.2. The molecule has 0 aliphatic heterocycles. The summed E-state index contributed by atoms with van der Waals surface area (Å²) < 4.78 is 29.1. The van der Waals surface area contributed by atoms with Crippen LogP contribution in [0.15, 0.2) is 64.0 Å². The average molecular weight is 587 g/mol. The van der Waals surface area contributed by atoms with E-state index in [-0.39, 0.29) is 22.9 Å². The highest BCUT2D eigenvalue weighted by molar-refractivity contribution is 9.10. The van der Waals surface area contributed by atoms with Crippen LogP contribution in [0.3, 0.4) is 0 Å². The number of benzene rings is 3. The fourth-order valence-corrected chi connectivity index (χ4v) is 4.52. The molecule has 0 unspecified atom stereocenters. The number of primary sulfonamides is 1. The molecule has 0 atom stereocenters. The molecule has 0 bridgehead atoms. The fourth-order valence-electron chi connectivity index (χ4n) is 2.89. The van der Waals surface area contributed by atoms with Gasteiger partial charge in [-0.05, 0) is 67.1 Å². The lowest BCUT2D eigenvalue weighted by Gasteiger charge is -2.14. The fraction of sp³-hybridized carbons (Fsp3) is 0.0909. The number of aryl methyl sites for hydroxylation is 1. The number of hydrogen-bond acceptors (Lipinski definition) is 5. The number of anilines is 2. The molecule has 0 fully saturated rings. The van der Waals surface area contributed by atoms with Gasteiger partial charge in [0.2, 0.25) is 10.0 Å². The van der Waals surface area contributed by atoms with Crippen LogP contribution in [-0.2, 0) is 14.8 Å². The van der Waals surface area contributed by atoms with Gasteiger partial charge in [0.15, 0.2) is 6.61 Å². The van der Waals surface area contributed by atoms with E-state index in [9.17, 15) is 18.0 Å². The van der Waals surface area contributed by atoms with Crippen LogP contribution < -0.4 is 20.5 Å². The van der Waals surface area contributed by atoms with E-state index < -0.39 is 21.8 Å². The third kappa shape index (κ3) is 6.94. The number of nitrogens with two attached hydrogens (primary N) is 1. The minimum Gasteiger partial charge on any atom is -0.482 e. The molecular weight excluding hydrogens is 569 g/mol. The highest BCUT2D eigenvalue weighted by Crippen LogP contribution is 2.29. The van der Waals surface area contributed by atoms with Gasteiger partial charge in [0, 0.05) is 25.8 Å². The number of ether oxygens (including phenoxy) is 1. The largest absolute Gasteiger partial charge is 0.482 e. The van der Waals surface area contributed by atoms with Crippen molar-refractivity contribution < 1.29 is 22.7 Å². The SMILES string of the molecule is Cc1cc(S(N)(=O)=O)ccc1NC(=O)COc1ccc(Cl)cc1NC(=O)c1cc(Cl)cc(Br)c1. The van der Waals surface area contributed by atoms with Gasteiger partial charge in [-0.2, -0.15) is 0 Å². The molecule has 4 N–H and O–H groups in total. The highest BCUT2D eigenvalue weighted by Gasteiger charge is 2.15. The summed E-state index contributed by atoms with van der Waals surface area (Å²) in [7, 11) is -3.85. The van der Waals surface area contributed by atoms with E-state index >= 15 is 0 Å². The van der Waals surface area contributed by atoms with E-state index in [1.165, 1.54) is 36.4 Å². The summed E-state index contributed by atoms with van der Waals surface area (Å²) in [6.45, 7) is 1.25. The maximum Gasteiger partial charge on any atom is 0.262 e. The first kappa shape index (κ1) is 26.0. The molecule has 12 heteroatoms. The summed E-state index contributed by atoms with van der Waals surface area (Å²) in [5, 5.41) is 11.2. The first-order chi connectivity index (χ1) is 15.9. The first-order valence-electron chi connectivity index (χ1n) is 9.55. The zero-order chi connectivity index (χ0) is 25.0. The molecule has 3 rings (SSSR count). The molecule has 0 radical (unpaired) electrons. The van der Waals surface area contributed by atoms with Gasteiger partial charge in [0.25, 0.3) is 11.8 Å². The number of hydrogen-bond donors (Lipinski definition) is 3. The molecule has 3 aromatic carbocycles. The number of carbonyl (C=O) groups excluding carboxylic acids is 2. The molecular formula is C22H18BrCl2N3O5S. The normalized spacial score (nSPS) is 11.1. The summed E-state index contributed by atoms with van der Waals surface area (Å²) in [4.78, 5) is 25.0. The summed E-state index contributed by atoms with van der Waals surface area (Å²) >= 11 is 15.4. The number of amides is 2. The lowest BCUT2D eigenvalue weighted by molar-refractivity contribution is -0.118. The highest BCUT2D eigenvalue weighted by atomic mass is 79.9. The van der Waals surface area contributed by atoms with Crippen molar-refractivity contribution >= 4 is 72.3 Å². The quantitative estimate of drug-likeness (QED) is 0.360. The van der Waals surface area contributed by atoms with Crippen molar-refractivity contribution in [2.75, 3.05) is 17.2 Å². The summed E-state index contributed by atoms with van der Waals surface area (Å²) in [5.41, 5.74) is 1.47. The Morgan fingerprint density at radius 3 is 2.35 bits per heavy atom. The van der Waals surface area contributed by atoms with Gasteiger partial charge in [-0.1, -0.05) is 39.1 Å². The van der Waals surface area contributed by atoms with Gasteiger partial charge in [-0.25, -0.2) is 13.6 Å². The molecule has 0 saturated heterocycles. The van der Waals surface area contributed by atoms with Gasteiger partial charge in [-0.3, -0.25) is 9.59 Å². The van der Waals surface area contributed by atoms with Crippen LogP contribution in [0.4, 0.5) is 11.4 Å². The van der Waals surface area contributed by atoms with Crippen molar-refractivity contribution in [2.24, 2.45) is 5.14 Å². The molecule has 0 saturated carbocycles. The number of nitrogens with one attached hydrogen (secondary N) is 2. The van der Waals surface area contributed by atoms with Gasteiger partial charge >= 0.3 is 0 Å². The second-order valence-electron chi connectivity index (χ2n) is 7.11. The molecule has 0 spiro atoms. The molecule has 8 nitrogen and oxygen atoms in total. The predicted molar refractivity (Wildman–Crippen MR) is 135 cm³/mol. The Balaban J connectivity index is 1.70. The maximum absolute atomic E-state index is 12.7. The first-order valence-corrected chi connectivity index (χ1v) is 12.6. The van der Waals surface area contributed by atoms with Crippen molar-refractivity contribution in [3.8, 4) is 5.75 Å². The molecule has 3 aromatic rings. The van der Waals surface area contributed by atoms with Gasteiger partial charge in [-0.15, -0.1) is 0 Å². The van der Waals surface area contributed by atoms with Crippen molar-refractivity contribution in [2.45, 2.75) is 11.8 Å². The summed E-state index contributed by atoms with van der Waals surface area (Å²) in [6, 6.07) is 13.4. The van der Waals surface area contributed by atoms with Crippen molar-refractivity contribution in [3.05, 3.63) is 80.2 Å². The zero-order valence-corrected chi connectivity index (χ0v) is 21.5. The van der Waals surface area contributed by atoms with Crippen molar-refractivity contribution in [3.63, 3.8) is 0 Å². The van der Waals surface area contributed by atoms with E-state index in [4.69, 9.17) is 33.1 Å². The third-order valence-corrected chi connectivity index (χ3v) is 6.30. The van der Waals surface area contributed by atoms with Crippen LogP contribution in [0.1, 0.15) is 15.9 Å². The van der Waals surface area contributed by atoms with Crippen molar-refractivity contribution in [1.82, 2.24) is 0 Å². The van der Waals surface area contributed by atoms with Crippen LogP contribution in [0.25, 0.3) is 0 Å². The zero-order valence-electron chi connectivity index (χ0n) is 17.6. The van der Waals surface area contributed by atoms with E-state index in [2.05, 4.69) is 26.6 Å². The van der Waals surface area contributed by atoms with Crippen LogP contribution in [0, 0.1) is 6.92 Å². The predicted octanol–water partition coefficient (Wildman–Crippen LogP) is 4.98. The van der Waals surface area contributed by atoms with Crippen LogP contribution in [-0.4, -0.2) is 26.8 Å². The maximum atomic E-state index is 12.7.